The maximum atomic E-state index is 5.95. The smallest absolute Gasteiger partial charge is 0.128 e. The fourth-order valence-corrected chi connectivity index (χ4v) is 1.96. The van der Waals surface area contributed by atoms with Crippen LogP contribution in [0.4, 0.5) is 0 Å². The molecule has 1 aromatic carbocycles. The average molecular weight is 204 g/mol. The van der Waals surface area contributed by atoms with Gasteiger partial charge in [0.2, 0.25) is 0 Å². The number of fused-ring (bicyclic) bond motifs is 1. The summed E-state index contributed by atoms with van der Waals surface area (Å²) in [5, 5.41) is 1.12. The Kier molecular flexibility index (Phi) is 2.40. The second-order valence-electron chi connectivity index (χ2n) is 3.84. The zero-order valence-corrected chi connectivity index (χ0v) is 9.32. The fourth-order valence-electron chi connectivity index (χ4n) is 1.96. The van der Waals surface area contributed by atoms with Crippen molar-refractivity contribution in [1.82, 2.24) is 4.57 Å². The Morgan fingerprint density at radius 3 is 2.73 bits per heavy atom. The molecule has 0 aliphatic carbocycles. The van der Waals surface area contributed by atoms with E-state index >= 15 is 0 Å². The SMILES string of the molecule is COc1cccc2c1c([C@@H](C)N)cn2C. The summed E-state index contributed by atoms with van der Waals surface area (Å²) < 4.78 is 7.44. The van der Waals surface area contributed by atoms with Crippen LogP contribution in [0.15, 0.2) is 24.4 Å². The van der Waals surface area contributed by atoms with Crippen molar-refractivity contribution >= 4 is 10.9 Å². The minimum absolute atomic E-state index is 0.0185. The fraction of sp³-hybridized carbons (Fsp3) is 0.333. The Bertz CT molecular complexity index is 486. The summed E-state index contributed by atoms with van der Waals surface area (Å²) in [6, 6.07) is 6.05. The maximum Gasteiger partial charge on any atom is 0.128 e. The maximum absolute atomic E-state index is 5.95. The number of nitrogens with zero attached hydrogens (tertiary/aromatic N) is 1. The van der Waals surface area contributed by atoms with Crippen molar-refractivity contribution in [1.29, 1.82) is 0 Å². The molecule has 0 saturated heterocycles. The predicted molar refractivity (Wildman–Crippen MR) is 62.1 cm³/mol. The van der Waals surface area contributed by atoms with Gasteiger partial charge in [0.05, 0.1) is 12.6 Å². The van der Waals surface area contributed by atoms with Crippen LogP contribution in [0.25, 0.3) is 10.9 Å². The molecule has 0 aliphatic heterocycles. The Balaban J connectivity index is 2.82. The first kappa shape index (κ1) is 10.1. The summed E-state index contributed by atoms with van der Waals surface area (Å²) in [5.74, 6) is 0.889. The van der Waals surface area contributed by atoms with E-state index in [4.69, 9.17) is 10.5 Å². The Morgan fingerprint density at radius 2 is 2.13 bits per heavy atom. The second-order valence-corrected chi connectivity index (χ2v) is 3.84. The van der Waals surface area contributed by atoms with E-state index in [0.717, 1.165) is 22.2 Å². The van der Waals surface area contributed by atoms with E-state index in [0.29, 0.717) is 0 Å². The van der Waals surface area contributed by atoms with Crippen molar-refractivity contribution in [2.45, 2.75) is 13.0 Å². The monoisotopic (exact) mass is 204 g/mol. The number of hydrogen-bond donors (Lipinski definition) is 1. The molecular formula is C12H16N2O. The van der Waals surface area contributed by atoms with Crippen molar-refractivity contribution < 1.29 is 4.74 Å². The van der Waals surface area contributed by atoms with Crippen LogP contribution in [0.5, 0.6) is 5.75 Å². The number of hydrogen-bond acceptors (Lipinski definition) is 2. The summed E-state index contributed by atoms with van der Waals surface area (Å²) in [6.45, 7) is 1.99. The molecule has 0 radical (unpaired) electrons. The van der Waals surface area contributed by atoms with Gasteiger partial charge in [0, 0.05) is 24.7 Å². The van der Waals surface area contributed by atoms with Gasteiger partial charge in [-0.25, -0.2) is 0 Å². The summed E-state index contributed by atoms with van der Waals surface area (Å²) in [6.07, 6.45) is 2.07. The molecule has 0 aliphatic rings. The molecule has 1 heterocycles. The first-order valence-corrected chi connectivity index (χ1v) is 5.02. The van der Waals surface area contributed by atoms with Crippen LogP contribution in [0.2, 0.25) is 0 Å². The Morgan fingerprint density at radius 1 is 1.40 bits per heavy atom. The van der Waals surface area contributed by atoms with Gasteiger partial charge in [-0.3, -0.25) is 0 Å². The van der Waals surface area contributed by atoms with Crippen LogP contribution in [-0.2, 0) is 7.05 Å². The molecule has 0 saturated carbocycles. The molecule has 1 atom stereocenters. The molecule has 3 heteroatoms. The summed E-state index contributed by atoms with van der Waals surface area (Å²) in [5.41, 5.74) is 8.23. The van der Waals surface area contributed by atoms with Crippen LogP contribution in [0.3, 0.4) is 0 Å². The van der Waals surface area contributed by atoms with E-state index in [1.54, 1.807) is 7.11 Å². The second kappa shape index (κ2) is 3.59. The van der Waals surface area contributed by atoms with Gasteiger partial charge in [-0.05, 0) is 24.6 Å². The molecule has 2 N–H and O–H groups in total. The van der Waals surface area contributed by atoms with Crippen molar-refractivity contribution in [3.8, 4) is 5.75 Å². The quantitative estimate of drug-likeness (QED) is 0.814. The molecule has 0 spiro atoms. The van der Waals surface area contributed by atoms with Crippen molar-refractivity contribution in [3.63, 3.8) is 0 Å². The minimum atomic E-state index is 0.0185. The highest BCUT2D eigenvalue weighted by Gasteiger charge is 2.13. The van der Waals surface area contributed by atoms with E-state index in [9.17, 15) is 0 Å². The van der Waals surface area contributed by atoms with Crippen LogP contribution in [0.1, 0.15) is 18.5 Å². The van der Waals surface area contributed by atoms with E-state index in [1.165, 1.54) is 0 Å². The average Bonchev–Trinajstić information content (AvgIpc) is 2.56. The lowest BCUT2D eigenvalue weighted by Crippen LogP contribution is -2.04. The predicted octanol–water partition coefficient (Wildman–Crippen LogP) is 2.21. The number of benzene rings is 1. The molecule has 0 bridgehead atoms. The molecular weight excluding hydrogens is 188 g/mol. The van der Waals surface area contributed by atoms with Crippen molar-refractivity contribution in [2.24, 2.45) is 12.8 Å². The van der Waals surface area contributed by atoms with Gasteiger partial charge >= 0.3 is 0 Å². The zero-order chi connectivity index (χ0) is 11.0. The van der Waals surface area contributed by atoms with Crippen LogP contribution >= 0.6 is 0 Å². The number of nitrogens with two attached hydrogens (primary N) is 1. The zero-order valence-electron chi connectivity index (χ0n) is 9.32. The topological polar surface area (TPSA) is 40.2 Å². The van der Waals surface area contributed by atoms with Crippen LogP contribution in [0, 0.1) is 0 Å². The minimum Gasteiger partial charge on any atom is -0.496 e. The molecule has 0 unspecified atom stereocenters. The highest BCUT2D eigenvalue weighted by atomic mass is 16.5. The number of aromatic nitrogens is 1. The van der Waals surface area contributed by atoms with Crippen molar-refractivity contribution in [3.05, 3.63) is 30.0 Å². The van der Waals surface area contributed by atoms with E-state index in [-0.39, 0.29) is 6.04 Å². The molecule has 1 aromatic heterocycles. The standard InChI is InChI=1S/C12H16N2O/c1-8(13)9-7-14(2)10-5-4-6-11(15-3)12(9)10/h4-8H,13H2,1-3H3/t8-/m1/s1. The van der Waals surface area contributed by atoms with Gasteiger partial charge in [-0.2, -0.15) is 0 Å². The molecule has 3 nitrogen and oxygen atoms in total. The molecule has 2 aromatic rings. The Labute approximate surface area is 89.4 Å². The van der Waals surface area contributed by atoms with Gasteiger partial charge in [0.25, 0.3) is 0 Å². The summed E-state index contributed by atoms with van der Waals surface area (Å²) in [4.78, 5) is 0. The van der Waals surface area contributed by atoms with E-state index in [2.05, 4.69) is 16.8 Å². The lowest BCUT2D eigenvalue weighted by atomic mass is 10.1. The van der Waals surface area contributed by atoms with Gasteiger partial charge < -0.3 is 15.0 Å². The van der Waals surface area contributed by atoms with Gasteiger partial charge in [0.1, 0.15) is 5.75 Å². The number of methoxy groups -OCH3 is 1. The highest BCUT2D eigenvalue weighted by molar-refractivity contribution is 5.90. The molecule has 0 fully saturated rings. The number of ether oxygens (including phenoxy) is 1. The normalized spacial score (nSPS) is 13.1. The molecule has 15 heavy (non-hydrogen) atoms. The Hall–Kier alpha value is -1.48. The largest absolute Gasteiger partial charge is 0.496 e. The number of aryl methyl sites for hydroxylation is 1. The van der Waals surface area contributed by atoms with Gasteiger partial charge in [-0.1, -0.05) is 6.07 Å². The third-order valence-corrected chi connectivity index (χ3v) is 2.72. The van der Waals surface area contributed by atoms with E-state index < -0.39 is 0 Å². The van der Waals surface area contributed by atoms with Gasteiger partial charge in [-0.15, -0.1) is 0 Å². The lowest BCUT2D eigenvalue weighted by molar-refractivity contribution is 0.419. The van der Waals surface area contributed by atoms with E-state index in [1.807, 2.05) is 26.1 Å². The highest BCUT2D eigenvalue weighted by Crippen LogP contribution is 2.32. The van der Waals surface area contributed by atoms with Gasteiger partial charge in [0.15, 0.2) is 0 Å². The lowest BCUT2D eigenvalue weighted by Gasteiger charge is -2.06. The molecule has 0 amide bonds. The number of rotatable bonds is 2. The van der Waals surface area contributed by atoms with Crippen LogP contribution < -0.4 is 10.5 Å². The third-order valence-electron chi connectivity index (χ3n) is 2.72. The van der Waals surface area contributed by atoms with Crippen LogP contribution in [-0.4, -0.2) is 11.7 Å². The summed E-state index contributed by atoms with van der Waals surface area (Å²) in [7, 11) is 3.71. The first-order valence-electron chi connectivity index (χ1n) is 5.02. The molecule has 80 valence electrons. The third kappa shape index (κ3) is 1.49. The first-order chi connectivity index (χ1) is 7.15. The molecule has 2 rings (SSSR count). The van der Waals surface area contributed by atoms with Crippen molar-refractivity contribution in [2.75, 3.05) is 7.11 Å². The summed E-state index contributed by atoms with van der Waals surface area (Å²) >= 11 is 0.